The molecule has 0 bridgehead atoms. The molecule has 0 unspecified atom stereocenters. The van der Waals surface area contributed by atoms with Crippen molar-refractivity contribution in [1.29, 1.82) is 0 Å². The van der Waals surface area contributed by atoms with Gasteiger partial charge < -0.3 is 5.32 Å². The lowest BCUT2D eigenvalue weighted by Gasteiger charge is -2.08. The Morgan fingerprint density at radius 2 is 1.90 bits per heavy atom. The van der Waals surface area contributed by atoms with E-state index in [1.165, 1.54) is 0 Å². The van der Waals surface area contributed by atoms with Crippen molar-refractivity contribution in [3.05, 3.63) is 48.3 Å². The first-order valence-corrected chi connectivity index (χ1v) is 6.27. The number of aryl methyl sites for hydroxylation is 1. The molecule has 3 aromatic rings. The lowest BCUT2D eigenvalue weighted by atomic mass is 10.2. The van der Waals surface area contributed by atoms with Crippen molar-refractivity contribution in [3.63, 3.8) is 0 Å². The zero-order valence-electron chi connectivity index (χ0n) is 11.3. The van der Waals surface area contributed by atoms with Crippen molar-refractivity contribution in [3.8, 4) is 17.1 Å². The molecule has 0 fully saturated rings. The van der Waals surface area contributed by atoms with Gasteiger partial charge in [-0.3, -0.25) is 0 Å². The van der Waals surface area contributed by atoms with Gasteiger partial charge in [-0.2, -0.15) is 0 Å². The van der Waals surface area contributed by atoms with Crippen LogP contribution in [0.25, 0.3) is 17.1 Å². The van der Waals surface area contributed by atoms with E-state index in [1.807, 2.05) is 37.3 Å². The van der Waals surface area contributed by atoms with Crippen molar-refractivity contribution >= 4 is 5.95 Å². The zero-order chi connectivity index (χ0) is 13.9. The number of rotatable bonds is 3. The summed E-state index contributed by atoms with van der Waals surface area (Å²) in [6.45, 7) is 1.97. The average molecular weight is 266 g/mol. The lowest BCUT2D eigenvalue weighted by Crippen LogP contribution is -2.04. The van der Waals surface area contributed by atoms with Gasteiger partial charge in [0.1, 0.15) is 5.69 Å². The summed E-state index contributed by atoms with van der Waals surface area (Å²) >= 11 is 0. The van der Waals surface area contributed by atoms with Gasteiger partial charge in [-0.15, -0.1) is 5.10 Å². The van der Waals surface area contributed by atoms with Crippen molar-refractivity contribution in [1.82, 2.24) is 25.0 Å². The smallest absolute Gasteiger partial charge is 0.223 e. The lowest BCUT2D eigenvalue weighted by molar-refractivity contribution is 0.805. The first-order chi connectivity index (χ1) is 9.79. The molecule has 0 radical (unpaired) electrons. The highest BCUT2D eigenvalue weighted by molar-refractivity contribution is 5.61. The van der Waals surface area contributed by atoms with Crippen LogP contribution in [0, 0.1) is 6.92 Å². The van der Waals surface area contributed by atoms with Crippen LogP contribution in [0.3, 0.4) is 0 Å². The molecule has 100 valence electrons. The van der Waals surface area contributed by atoms with Crippen LogP contribution >= 0.6 is 0 Å². The van der Waals surface area contributed by atoms with Gasteiger partial charge in [0, 0.05) is 13.2 Å². The Morgan fingerprint density at radius 3 is 2.65 bits per heavy atom. The third kappa shape index (κ3) is 2.11. The average Bonchev–Trinajstić information content (AvgIpc) is 2.98. The Hall–Kier alpha value is -2.76. The maximum absolute atomic E-state index is 4.50. The molecule has 20 heavy (non-hydrogen) atoms. The van der Waals surface area contributed by atoms with Gasteiger partial charge >= 0.3 is 0 Å². The van der Waals surface area contributed by atoms with Gasteiger partial charge in [0.25, 0.3) is 0 Å². The SMILES string of the molecule is CNc1ncc(C)c(-c2cnnn2-c2ccccc2)n1. The number of para-hydroxylation sites is 1. The highest BCUT2D eigenvalue weighted by Gasteiger charge is 2.13. The molecule has 0 saturated heterocycles. The molecule has 6 nitrogen and oxygen atoms in total. The Bertz CT molecular complexity index is 720. The van der Waals surface area contributed by atoms with Crippen molar-refractivity contribution in [2.75, 3.05) is 12.4 Å². The second kappa shape index (κ2) is 5.08. The molecule has 0 saturated carbocycles. The van der Waals surface area contributed by atoms with Crippen molar-refractivity contribution in [2.45, 2.75) is 6.92 Å². The fourth-order valence-electron chi connectivity index (χ4n) is 1.98. The minimum Gasteiger partial charge on any atom is -0.357 e. The van der Waals surface area contributed by atoms with Gasteiger partial charge in [0.2, 0.25) is 5.95 Å². The Morgan fingerprint density at radius 1 is 1.10 bits per heavy atom. The fourth-order valence-corrected chi connectivity index (χ4v) is 1.98. The van der Waals surface area contributed by atoms with E-state index in [9.17, 15) is 0 Å². The van der Waals surface area contributed by atoms with E-state index in [1.54, 1.807) is 24.1 Å². The number of nitrogens with one attached hydrogen (secondary N) is 1. The first kappa shape index (κ1) is 12.3. The minimum atomic E-state index is 0.575. The second-order valence-electron chi connectivity index (χ2n) is 4.34. The van der Waals surface area contributed by atoms with Crippen LogP contribution in [0.4, 0.5) is 5.95 Å². The van der Waals surface area contributed by atoms with E-state index in [0.29, 0.717) is 5.95 Å². The van der Waals surface area contributed by atoms with Crippen LogP contribution in [0.2, 0.25) is 0 Å². The molecule has 3 rings (SSSR count). The minimum absolute atomic E-state index is 0.575. The maximum atomic E-state index is 4.50. The number of anilines is 1. The summed E-state index contributed by atoms with van der Waals surface area (Å²) in [5, 5.41) is 11.1. The fraction of sp³-hybridized carbons (Fsp3) is 0.143. The number of hydrogen-bond donors (Lipinski definition) is 1. The predicted octanol–water partition coefficient (Wildman–Crippen LogP) is 2.07. The van der Waals surface area contributed by atoms with Gasteiger partial charge in [-0.1, -0.05) is 23.4 Å². The molecular formula is C14H14N6. The van der Waals surface area contributed by atoms with Crippen LogP contribution < -0.4 is 5.32 Å². The molecule has 1 aromatic carbocycles. The Kier molecular flexibility index (Phi) is 3.12. The number of nitrogens with zero attached hydrogens (tertiary/aromatic N) is 5. The molecule has 2 heterocycles. The summed E-state index contributed by atoms with van der Waals surface area (Å²) in [5.41, 5.74) is 3.58. The quantitative estimate of drug-likeness (QED) is 0.786. The van der Waals surface area contributed by atoms with Gasteiger partial charge in [0.05, 0.1) is 17.6 Å². The zero-order valence-corrected chi connectivity index (χ0v) is 11.3. The molecule has 0 aliphatic rings. The highest BCUT2D eigenvalue weighted by atomic mass is 15.4. The second-order valence-corrected chi connectivity index (χ2v) is 4.34. The normalized spacial score (nSPS) is 10.5. The van der Waals surface area contributed by atoms with Crippen LogP contribution in [-0.4, -0.2) is 32.0 Å². The molecule has 2 aromatic heterocycles. The largest absolute Gasteiger partial charge is 0.357 e. The molecule has 0 aliphatic heterocycles. The summed E-state index contributed by atoms with van der Waals surface area (Å²) in [6.07, 6.45) is 3.50. The predicted molar refractivity (Wildman–Crippen MR) is 76.7 cm³/mol. The molecule has 0 aliphatic carbocycles. The number of aromatic nitrogens is 5. The van der Waals surface area contributed by atoms with E-state index in [0.717, 1.165) is 22.6 Å². The van der Waals surface area contributed by atoms with Crippen molar-refractivity contribution in [2.24, 2.45) is 0 Å². The monoisotopic (exact) mass is 266 g/mol. The topological polar surface area (TPSA) is 68.5 Å². The third-order valence-electron chi connectivity index (χ3n) is 2.99. The number of hydrogen-bond acceptors (Lipinski definition) is 5. The summed E-state index contributed by atoms with van der Waals surface area (Å²) in [5.74, 6) is 0.575. The van der Waals surface area contributed by atoms with Gasteiger partial charge in [-0.25, -0.2) is 14.6 Å². The molecule has 0 amide bonds. The van der Waals surface area contributed by atoms with Crippen LogP contribution in [0.5, 0.6) is 0 Å². The van der Waals surface area contributed by atoms with E-state index < -0.39 is 0 Å². The maximum Gasteiger partial charge on any atom is 0.223 e. The standard InChI is InChI=1S/C14H14N6/c1-10-8-16-14(15-2)18-13(10)12-9-17-19-20(12)11-6-4-3-5-7-11/h3-9H,1-2H3,(H,15,16,18). The molecule has 0 spiro atoms. The summed E-state index contributed by atoms with van der Waals surface area (Å²) in [4.78, 5) is 8.69. The molecular weight excluding hydrogens is 252 g/mol. The van der Waals surface area contributed by atoms with Crippen LogP contribution in [0.1, 0.15) is 5.56 Å². The molecule has 6 heteroatoms. The van der Waals surface area contributed by atoms with Gasteiger partial charge in [0.15, 0.2) is 0 Å². The third-order valence-corrected chi connectivity index (χ3v) is 2.99. The molecule has 1 N–H and O–H groups in total. The Balaban J connectivity index is 2.15. The highest BCUT2D eigenvalue weighted by Crippen LogP contribution is 2.23. The summed E-state index contributed by atoms with van der Waals surface area (Å²) < 4.78 is 1.77. The van der Waals surface area contributed by atoms with Crippen LogP contribution in [-0.2, 0) is 0 Å². The van der Waals surface area contributed by atoms with Crippen LogP contribution in [0.15, 0.2) is 42.7 Å². The van der Waals surface area contributed by atoms with E-state index in [2.05, 4.69) is 25.6 Å². The molecule has 0 atom stereocenters. The van der Waals surface area contributed by atoms with Gasteiger partial charge in [-0.05, 0) is 24.6 Å². The van der Waals surface area contributed by atoms with E-state index in [-0.39, 0.29) is 0 Å². The number of benzene rings is 1. The van der Waals surface area contributed by atoms with E-state index >= 15 is 0 Å². The summed E-state index contributed by atoms with van der Waals surface area (Å²) in [6, 6.07) is 9.86. The summed E-state index contributed by atoms with van der Waals surface area (Å²) in [7, 11) is 1.79. The van der Waals surface area contributed by atoms with Crippen molar-refractivity contribution < 1.29 is 0 Å². The van der Waals surface area contributed by atoms with E-state index in [4.69, 9.17) is 0 Å². The first-order valence-electron chi connectivity index (χ1n) is 6.27. The Labute approximate surface area is 116 Å².